The molecule has 0 fully saturated rings. The fourth-order valence-electron chi connectivity index (χ4n) is 9.61. The van der Waals surface area contributed by atoms with E-state index in [9.17, 15) is 0 Å². The molecule has 13 aromatic rings. The minimum atomic E-state index is -3.77. The quantitative estimate of drug-likeness (QED) is 0.131. The summed E-state index contributed by atoms with van der Waals surface area (Å²) in [6.07, 6.45) is 3.56. The van der Waals surface area contributed by atoms with Gasteiger partial charge in [-0.1, -0.05) is 121 Å². The Morgan fingerprint density at radius 3 is 1.51 bits per heavy atom. The third-order valence-electron chi connectivity index (χ3n) is 12.5. The van der Waals surface area contributed by atoms with Crippen molar-refractivity contribution in [1.29, 1.82) is 0 Å². The molecule has 0 spiro atoms. The van der Waals surface area contributed by atoms with Gasteiger partial charge in [-0.3, -0.25) is 9.97 Å². The lowest BCUT2D eigenvalue weighted by Crippen LogP contribution is -2.29. The summed E-state index contributed by atoms with van der Waals surface area (Å²) in [6, 6.07) is 62.8. The predicted octanol–water partition coefficient (Wildman–Crippen LogP) is 12.1. The van der Waals surface area contributed by atoms with Crippen LogP contribution in [0.4, 0.5) is 0 Å². The van der Waals surface area contributed by atoms with Crippen molar-refractivity contribution in [3.05, 3.63) is 194 Å². The van der Waals surface area contributed by atoms with Crippen LogP contribution in [0.1, 0.15) is 0 Å². The highest BCUT2D eigenvalue weighted by Crippen LogP contribution is 2.46. The number of aromatic nitrogens is 5. The zero-order chi connectivity index (χ0) is 40.2. The van der Waals surface area contributed by atoms with Crippen molar-refractivity contribution >= 4 is 121 Å². The van der Waals surface area contributed by atoms with E-state index in [2.05, 4.69) is 132 Å². The Labute approximate surface area is 348 Å². The van der Waals surface area contributed by atoms with E-state index in [1.807, 2.05) is 54.6 Å². The van der Waals surface area contributed by atoms with Crippen LogP contribution in [-0.2, 0) is 4.57 Å². The first kappa shape index (κ1) is 34.1. The molecule has 0 radical (unpaired) electrons. The Hall–Kier alpha value is -7.79. The fourth-order valence-corrected chi connectivity index (χ4v) is 12.0. The molecule has 0 bridgehead atoms. The highest BCUT2D eigenvalue weighted by Gasteiger charge is 2.34. The van der Waals surface area contributed by atoms with Crippen molar-refractivity contribution in [2.45, 2.75) is 0 Å². The first-order chi connectivity index (χ1) is 30.1. The summed E-state index contributed by atoms with van der Waals surface area (Å²) in [7, 11) is -3.77. The van der Waals surface area contributed by atoms with Gasteiger partial charge in [0.15, 0.2) is 0 Å². The smallest absolute Gasteiger partial charge is 0.206 e. The molecule has 0 saturated carbocycles. The predicted molar refractivity (Wildman–Crippen MR) is 254 cm³/mol. The molecule has 0 saturated heterocycles. The number of fused-ring (bicyclic) bond motifs is 15. The monoisotopic (exact) mass is 797 g/mol. The minimum absolute atomic E-state index is 0.455. The van der Waals surface area contributed by atoms with Crippen LogP contribution in [0.15, 0.2) is 194 Å². The molecular formula is C54H32N5OP. The summed E-state index contributed by atoms with van der Waals surface area (Å²) in [5.41, 5.74) is 7.26. The Bertz CT molecular complexity index is 3930. The van der Waals surface area contributed by atoms with Crippen LogP contribution >= 0.6 is 7.14 Å². The molecule has 284 valence electrons. The molecule has 6 nitrogen and oxygen atoms in total. The molecule has 5 heterocycles. The second-order valence-electron chi connectivity index (χ2n) is 15.8. The van der Waals surface area contributed by atoms with Gasteiger partial charge in [-0.15, -0.1) is 0 Å². The third kappa shape index (κ3) is 4.94. The van der Waals surface area contributed by atoms with Gasteiger partial charge in [-0.2, -0.15) is 0 Å². The van der Waals surface area contributed by atoms with E-state index in [1.165, 1.54) is 16.2 Å². The maximum absolute atomic E-state index is 16.7. The average Bonchev–Trinajstić information content (AvgIpc) is 3.66. The molecule has 0 amide bonds. The van der Waals surface area contributed by atoms with E-state index in [1.54, 1.807) is 12.4 Å². The summed E-state index contributed by atoms with van der Waals surface area (Å²) < 4.78 is 19.1. The number of pyridine rings is 4. The van der Waals surface area contributed by atoms with Gasteiger partial charge in [-0.05, 0) is 93.0 Å². The summed E-state index contributed by atoms with van der Waals surface area (Å²) in [6.45, 7) is 0. The van der Waals surface area contributed by atoms with Crippen LogP contribution in [-0.4, -0.2) is 24.5 Å². The Morgan fingerprint density at radius 2 is 0.869 bits per heavy atom. The number of para-hydroxylation sites is 2. The number of hydrogen-bond donors (Lipinski definition) is 0. The summed E-state index contributed by atoms with van der Waals surface area (Å²) in [4.78, 5) is 20.0. The molecule has 0 aliphatic heterocycles. The molecule has 13 rings (SSSR count). The number of rotatable bonds is 4. The van der Waals surface area contributed by atoms with E-state index in [0.717, 1.165) is 76.2 Å². The lowest BCUT2D eigenvalue weighted by Gasteiger charge is -2.21. The lowest BCUT2D eigenvalue weighted by atomic mass is 9.93. The molecule has 61 heavy (non-hydrogen) atoms. The van der Waals surface area contributed by atoms with Crippen LogP contribution < -0.4 is 16.2 Å². The van der Waals surface area contributed by atoms with Crippen LogP contribution in [0.25, 0.3) is 103 Å². The van der Waals surface area contributed by atoms with Gasteiger partial charge in [0, 0.05) is 55.7 Å². The van der Waals surface area contributed by atoms with Crippen molar-refractivity contribution < 1.29 is 4.57 Å². The molecule has 0 unspecified atom stereocenters. The molecule has 0 aliphatic carbocycles. The van der Waals surface area contributed by atoms with E-state index in [4.69, 9.17) is 19.9 Å². The first-order valence-electron chi connectivity index (χ1n) is 20.4. The van der Waals surface area contributed by atoms with Crippen LogP contribution in [0.2, 0.25) is 0 Å². The van der Waals surface area contributed by atoms with Crippen molar-refractivity contribution in [2.24, 2.45) is 0 Å². The SMILES string of the molecule is O=P(c1ccc2c(c1)c1ccccc1c1cc3c4ccccc4n(-c4ccccc4)c3cc21)(c1ccc2ccc3cccnc3c2n1)c1ccc2ccc3cccnc3c2n1. The molecule has 7 heteroatoms. The van der Waals surface area contributed by atoms with Gasteiger partial charge in [-0.25, -0.2) is 9.97 Å². The molecular weight excluding hydrogens is 766 g/mol. The zero-order valence-electron chi connectivity index (χ0n) is 32.6. The summed E-state index contributed by atoms with van der Waals surface area (Å²) >= 11 is 0. The molecule has 8 aromatic carbocycles. The van der Waals surface area contributed by atoms with E-state index in [0.29, 0.717) is 27.2 Å². The third-order valence-corrected chi connectivity index (χ3v) is 15.3. The summed E-state index contributed by atoms with van der Waals surface area (Å²) in [5.74, 6) is 0. The van der Waals surface area contributed by atoms with Crippen molar-refractivity contribution in [2.75, 3.05) is 0 Å². The van der Waals surface area contributed by atoms with Crippen LogP contribution in [0, 0.1) is 0 Å². The van der Waals surface area contributed by atoms with Crippen molar-refractivity contribution in [1.82, 2.24) is 24.5 Å². The van der Waals surface area contributed by atoms with Gasteiger partial charge >= 0.3 is 0 Å². The number of nitrogens with zero attached hydrogens (tertiary/aromatic N) is 5. The van der Waals surface area contributed by atoms with Gasteiger partial charge in [0.2, 0.25) is 7.14 Å². The van der Waals surface area contributed by atoms with Crippen molar-refractivity contribution in [3.8, 4) is 5.69 Å². The van der Waals surface area contributed by atoms with Crippen molar-refractivity contribution in [3.63, 3.8) is 0 Å². The normalized spacial score (nSPS) is 12.3. The largest absolute Gasteiger partial charge is 0.309 e. The van der Waals surface area contributed by atoms with E-state index in [-0.39, 0.29) is 0 Å². The Morgan fingerprint density at radius 1 is 0.361 bits per heavy atom. The molecule has 5 aromatic heterocycles. The minimum Gasteiger partial charge on any atom is -0.309 e. The topological polar surface area (TPSA) is 73.6 Å². The zero-order valence-corrected chi connectivity index (χ0v) is 33.5. The van der Waals surface area contributed by atoms with Gasteiger partial charge in [0.1, 0.15) is 10.9 Å². The first-order valence-corrected chi connectivity index (χ1v) is 22.1. The van der Waals surface area contributed by atoms with Crippen LogP contribution in [0.3, 0.4) is 0 Å². The van der Waals surface area contributed by atoms with Gasteiger partial charge < -0.3 is 9.13 Å². The lowest BCUT2D eigenvalue weighted by molar-refractivity contribution is 0.591. The maximum Gasteiger partial charge on any atom is 0.206 e. The fraction of sp³-hybridized carbons (Fsp3) is 0. The van der Waals surface area contributed by atoms with Gasteiger partial charge in [0.05, 0.1) is 33.1 Å². The molecule has 0 aliphatic rings. The van der Waals surface area contributed by atoms with Gasteiger partial charge in [0.25, 0.3) is 0 Å². The van der Waals surface area contributed by atoms with Crippen LogP contribution in [0.5, 0.6) is 0 Å². The van der Waals surface area contributed by atoms with E-state index >= 15 is 4.57 Å². The Kier molecular flexibility index (Phi) is 7.19. The standard InChI is InChI=1S/C54H32N5OP/c60-61(49-26-22-35-20-18-33-10-8-28-55-51(33)53(35)57-49,50-27-23-36-21-19-34-11-9-29-56-52(34)54(36)58-50)38-24-25-41-43(30-38)39-14-4-5-15-40(39)44-31-46-42-16-6-7-17-47(42)59(48(46)32-45(41)44)37-12-2-1-3-13-37/h1-32H. The maximum atomic E-state index is 16.7. The second kappa shape index (κ2) is 12.9. The molecule has 0 atom stereocenters. The highest BCUT2D eigenvalue weighted by atomic mass is 31.2. The second-order valence-corrected chi connectivity index (χ2v) is 18.4. The average molecular weight is 798 g/mol. The highest BCUT2D eigenvalue weighted by molar-refractivity contribution is 7.85. The number of hydrogen-bond acceptors (Lipinski definition) is 5. The molecule has 0 N–H and O–H groups in total. The summed E-state index contributed by atoms with van der Waals surface area (Å²) in [5, 5.41) is 13.5. The number of benzene rings is 8. The van der Waals surface area contributed by atoms with E-state index < -0.39 is 7.14 Å². The Balaban J connectivity index is 1.13.